The molecule has 0 aliphatic carbocycles. The third kappa shape index (κ3) is 3.89. The summed E-state index contributed by atoms with van der Waals surface area (Å²) in [7, 11) is -3.57. The number of sulfonamides is 1. The summed E-state index contributed by atoms with van der Waals surface area (Å²) in [6.45, 7) is 2.35. The van der Waals surface area contributed by atoms with Gasteiger partial charge in [0, 0.05) is 18.7 Å². The van der Waals surface area contributed by atoms with Crippen LogP contribution in [-0.4, -0.2) is 49.4 Å². The lowest BCUT2D eigenvalue weighted by molar-refractivity contribution is -0.143. The Morgan fingerprint density at radius 3 is 2.48 bits per heavy atom. The molecule has 1 fully saturated rings. The molecule has 2 rings (SSSR count). The number of hydrogen-bond donors (Lipinski definition) is 2. The van der Waals surface area contributed by atoms with E-state index >= 15 is 0 Å². The van der Waals surface area contributed by atoms with E-state index in [4.69, 9.17) is 0 Å². The first-order valence-electron chi connectivity index (χ1n) is 7.50. The molecule has 1 saturated heterocycles. The molecule has 1 heterocycles. The number of hydrogen-bond acceptors (Lipinski definition) is 4. The van der Waals surface area contributed by atoms with E-state index in [1.54, 1.807) is 6.92 Å². The monoisotopic (exact) mass is 340 g/mol. The molecule has 1 aromatic carbocycles. The molecule has 0 saturated carbocycles. The number of likely N-dealkylation sites (tertiary alicyclic amines) is 1. The molecule has 7 nitrogen and oxygen atoms in total. The highest BCUT2D eigenvalue weighted by Crippen LogP contribution is 2.20. The Balaban J connectivity index is 2.21. The lowest BCUT2D eigenvalue weighted by Gasteiger charge is -2.33. The molecule has 0 bridgehead atoms. The molecular formula is C15H20N2O5S. The Labute approximate surface area is 135 Å². The van der Waals surface area contributed by atoms with E-state index in [1.807, 2.05) is 0 Å². The molecule has 126 valence electrons. The van der Waals surface area contributed by atoms with Gasteiger partial charge >= 0.3 is 5.97 Å². The zero-order valence-electron chi connectivity index (χ0n) is 12.9. The second-order valence-electron chi connectivity index (χ2n) is 5.37. The highest BCUT2D eigenvalue weighted by Gasteiger charge is 2.32. The second kappa shape index (κ2) is 7.10. The van der Waals surface area contributed by atoms with Gasteiger partial charge in [-0.3, -0.25) is 4.79 Å². The van der Waals surface area contributed by atoms with Crippen LogP contribution >= 0.6 is 0 Å². The van der Waals surface area contributed by atoms with Crippen molar-refractivity contribution >= 4 is 21.9 Å². The van der Waals surface area contributed by atoms with Crippen LogP contribution in [0.25, 0.3) is 0 Å². The van der Waals surface area contributed by atoms with Crippen molar-refractivity contribution in [1.82, 2.24) is 9.62 Å². The normalized spacial score (nSPS) is 18.7. The number of rotatable bonds is 5. The van der Waals surface area contributed by atoms with Crippen molar-refractivity contribution in [2.75, 3.05) is 13.1 Å². The van der Waals surface area contributed by atoms with Gasteiger partial charge in [0.15, 0.2) is 0 Å². The average Bonchev–Trinajstić information content (AvgIpc) is 2.54. The SMILES string of the molecule is CCNS(=O)(=O)c1ccc(C(=O)N2CCCCC2C(=O)O)cc1. The summed E-state index contributed by atoms with van der Waals surface area (Å²) in [5, 5.41) is 9.23. The number of nitrogens with zero attached hydrogens (tertiary/aromatic N) is 1. The summed E-state index contributed by atoms with van der Waals surface area (Å²) in [6, 6.07) is 4.72. The van der Waals surface area contributed by atoms with Crippen molar-refractivity contribution < 1.29 is 23.1 Å². The number of carboxylic acids is 1. The average molecular weight is 340 g/mol. The molecule has 1 amide bonds. The summed E-state index contributed by atoms with van der Waals surface area (Å²) in [4.78, 5) is 25.2. The summed E-state index contributed by atoms with van der Waals surface area (Å²) in [6.07, 6.45) is 1.98. The number of carbonyl (C=O) groups excluding carboxylic acids is 1. The zero-order valence-corrected chi connectivity index (χ0v) is 13.7. The second-order valence-corrected chi connectivity index (χ2v) is 7.14. The van der Waals surface area contributed by atoms with Crippen LogP contribution in [0.2, 0.25) is 0 Å². The van der Waals surface area contributed by atoms with E-state index in [0.29, 0.717) is 13.0 Å². The van der Waals surface area contributed by atoms with Gasteiger partial charge in [-0.15, -0.1) is 0 Å². The van der Waals surface area contributed by atoms with Crippen LogP contribution in [0.5, 0.6) is 0 Å². The minimum Gasteiger partial charge on any atom is -0.480 e. The minimum atomic E-state index is -3.57. The summed E-state index contributed by atoms with van der Waals surface area (Å²) in [5.74, 6) is -1.39. The molecule has 0 radical (unpaired) electrons. The number of piperidine rings is 1. The number of amides is 1. The summed E-state index contributed by atoms with van der Waals surface area (Å²) < 4.78 is 26.1. The molecule has 0 spiro atoms. The van der Waals surface area contributed by atoms with Crippen molar-refractivity contribution in [3.8, 4) is 0 Å². The first-order chi connectivity index (χ1) is 10.9. The van der Waals surface area contributed by atoms with Crippen molar-refractivity contribution in [2.24, 2.45) is 0 Å². The molecule has 2 N–H and O–H groups in total. The number of benzene rings is 1. The van der Waals surface area contributed by atoms with Gasteiger partial charge < -0.3 is 10.0 Å². The van der Waals surface area contributed by atoms with Crippen LogP contribution in [0.15, 0.2) is 29.2 Å². The topological polar surface area (TPSA) is 104 Å². The minimum absolute atomic E-state index is 0.0735. The Kier molecular flexibility index (Phi) is 5.38. The van der Waals surface area contributed by atoms with E-state index < -0.39 is 22.0 Å². The third-order valence-corrected chi connectivity index (χ3v) is 5.36. The standard InChI is InChI=1S/C15H20N2O5S/c1-2-16-23(21,22)12-8-6-11(7-9-12)14(18)17-10-4-3-5-13(17)15(19)20/h6-9,13,16H,2-5,10H2,1H3,(H,19,20). The molecule has 1 atom stereocenters. The van der Waals surface area contributed by atoms with Crippen LogP contribution < -0.4 is 4.72 Å². The van der Waals surface area contributed by atoms with Gasteiger partial charge in [-0.2, -0.15) is 0 Å². The molecular weight excluding hydrogens is 320 g/mol. The number of aliphatic carboxylic acids is 1. The summed E-state index contributed by atoms with van der Waals surface area (Å²) in [5.41, 5.74) is 0.286. The van der Waals surface area contributed by atoms with Gasteiger partial charge in [-0.05, 0) is 43.5 Å². The Morgan fingerprint density at radius 1 is 1.26 bits per heavy atom. The quantitative estimate of drug-likeness (QED) is 0.834. The van der Waals surface area contributed by atoms with Gasteiger partial charge in [-0.25, -0.2) is 17.9 Å². The van der Waals surface area contributed by atoms with Gasteiger partial charge in [-0.1, -0.05) is 6.92 Å². The zero-order chi connectivity index (χ0) is 17.0. The highest BCUT2D eigenvalue weighted by atomic mass is 32.2. The van der Waals surface area contributed by atoms with Gasteiger partial charge in [0.25, 0.3) is 5.91 Å². The maximum absolute atomic E-state index is 12.5. The predicted molar refractivity (Wildman–Crippen MR) is 83.6 cm³/mol. The number of carbonyl (C=O) groups is 2. The fourth-order valence-corrected chi connectivity index (χ4v) is 3.69. The summed E-state index contributed by atoms with van der Waals surface area (Å²) >= 11 is 0. The molecule has 8 heteroatoms. The first-order valence-corrected chi connectivity index (χ1v) is 8.98. The van der Waals surface area contributed by atoms with Crippen LogP contribution in [0.3, 0.4) is 0 Å². The van der Waals surface area contributed by atoms with Crippen LogP contribution in [0, 0.1) is 0 Å². The number of nitrogens with one attached hydrogen (secondary N) is 1. The van der Waals surface area contributed by atoms with E-state index in [2.05, 4.69) is 4.72 Å². The molecule has 1 aliphatic heterocycles. The van der Waals surface area contributed by atoms with E-state index in [-0.39, 0.29) is 22.9 Å². The largest absolute Gasteiger partial charge is 0.480 e. The van der Waals surface area contributed by atoms with E-state index in [9.17, 15) is 23.1 Å². The van der Waals surface area contributed by atoms with Gasteiger partial charge in [0.1, 0.15) is 6.04 Å². The van der Waals surface area contributed by atoms with E-state index in [1.165, 1.54) is 29.2 Å². The van der Waals surface area contributed by atoms with Crippen LogP contribution in [0.4, 0.5) is 0 Å². The highest BCUT2D eigenvalue weighted by molar-refractivity contribution is 7.89. The predicted octanol–water partition coefficient (Wildman–Crippen LogP) is 1.06. The maximum Gasteiger partial charge on any atom is 0.326 e. The van der Waals surface area contributed by atoms with E-state index in [0.717, 1.165) is 12.8 Å². The van der Waals surface area contributed by atoms with Gasteiger partial charge in [0.2, 0.25) is 10.0 Å². The van der Waals surface area contributed by atoms with Crippen LogP contribution in [0.1, 0.15) is 36.5 Å². The van der Waals surface area contributed by atoms with Crippen molar-refractivity contribution in [3.05, 3.63) is 29.8 Å². The van der Waals surface area contributed by atoms with Crippen molar-refractivity contribution in [3.63, 3.8) is 0 Å². The smallest absolute Gasteiger partial charge is 0.326 e. The lowest BCUT2D eigenvalue weighted by Crippen LogP contribution is -2.47. The molecule has 23 heavy (non-hydrogen) atoms. The molecule has 1 aliphatic rings. The fraction of sp³-hybridized carbons (Fsp3) is 0.467. The number of carboxylic acid groups (broad SMARTS) is 1. The fourth-order valence-electron chi connectivity index (χ4n) is 2.65. The maximum atomic E-state index is 12.5. The molecule has 0 aromatic heterocycles. The third-order valence-electron chi connectivity index (χ3n) is 3.79. The Hall–Kier alpha value is -1.93. The van der Waals surface area contributed by atoms with Gasteiger partial charge in [0.05, 0.1) is 4.90 Å². The Morgan fingerprint density at radius 2 is 1.91 bits per heavy atom. The molecule has 1 aromatic rings. The first kappa shape index (κ1) is 17.4. The Bertz CT molecular complexity index is 684. The lowest BCUT2D eigenvalue weighted by atomic mass is 10.0. The van der Waals surface area contributed by atoms with Crippen molar-refractivity contribution in [1.29, 1.82) is 0 Å². The molecule has 1 unspecified atom stereocenters. The van der Waals surface area contributed by atoms with Crippen molar-refractivity contribution in [2.45, 2.75) is 37.1 Å². The van der Waals surface area contributed by atoms with Crippen LogP contribution in [-0.2, 0) is 14.8 Å².